The maximum absolute atomic E-state index is 13.1. The lowest BCUT2D eigenvalue weighted by molar-refractivity contribution is -0.171. The summed E-state index contributed by atoms with van der Waals surface area (Å²) in [4.78, 5) is 26.5. The van der Waals surface area contributed by atoms with Crippen molar-refractivity contribution in [1.82, 2.24) is 4.90 Å². The average Bonchev–Trinajstić information content (AvgIpc) is 3.22. The molecule has 2 amide bonds. The summed E-state index contributed by atoms with van der Waals surface area (Å²) < 4.78 is 16.2. The summed E-state index contributed by atoms with van der Waals surface area (Å²) in [6.07, 6.45) is -0.529. The molecule has 0 aromatic heterocycles. The van der Waals surface area contributed by atoms with Crippen molar-refractivity contribution in [3.05, 3.63) is 35.9 Å². The van der Waals surface area contributed by atoms with E-state index >= 15 is 0 Å². The van der Waals surface area contributed by atoms with Gasteiger partial charge in [-0.2, -0.15) is 0 Å². The van der Waals surface area contributed by atoms with Crippen molar-refractivity contribution >= 4 is 12.0 Å². The third-order valence-corrected chi connectivity index (χ3v) is 5.21. The largest absolute Gasteiger partial charge is 0.447 e. The molecule has 0 saturated carbocycles. The van der Waals surface area contributed by atoms with Crippen LogP contribution in [0.4, 0.5) is 4.79 Å². The highest BCUT2D eigenvalue weighted by Gasteiger charge is 2.44. The van der Waals surface area contributed by atoms with Crippen molar-refractivity contribution in [2.75, 3.05) is 19.8 Å². The SMILES string of the molecule is CC[C@@H](C(=O)N1C(=O)OC[C@H]1Cc1ccccc1)[C@@H](O)CC1(C)OCCO1. The molecule has 7 nitrogen and oxygen atoms in total. The van der Waals surface area contributed by atoms with Gasteiger partial charge in [0.15, 0.2) is 5.79 Å². The number of carbonyl (C=O) groups excluding carboxylic acids is 2. The third-order valence-electron chi connectivity index (χ3n) is 5.21. The van der Waals surface area contributed by atoms with Crippen molar-refractivity contribution in [1.29, 1.82) is 0 Å². The van der Waals surface area contributed by atoms with Gasteiger partial charge in [0, 0.05) is 6.42 Å². The molecule has 2 aliphatic heterocycles. The van der Waals surface area contributed by atoms with Crippen LogP contribution in [0.1, 0.15) is 32.3 Å². The smallest absolute Gasteiger partial charge is 0.416 e. The summed E-state index contributed by atoms with van der Waals surface area (Å²) >= 11 is 0. The third kappa shape index (κ3) is 4.48. The van der Waals surface area contributed by atoms with Gasteiger partial charge in [-0.05, 0) is 25.3 Å². The molecule has 2 saturated heterocycles. The van der Waals surface area contributed by atoms with E-state index < -0.39 is 29.8 Å². The predicted octanol–water partition coefficient (Wildman–Crippen LogP) is 2.12. The molecule has 1 aromatic carbocycles. The Balaban J connectivity index is 1.70. The molecular formula is C20H27NO6. The quantitative estimate of drug-likeness (QED) is 0.783. The Morgan fingerprint density at radius 2 is 1.96 bits per heavy atom. The molecule has 2 aliphatic rings. The van der Waals surface area contributed by atoms with Crippen molar-refractivity contribution in [3.8, 4) is 0 Å². The normalized spacial score (nSPS) is 23.9. The lowest BCUT2D eigenvalue weighted by Gasteiger charge is -2.31. The molecule has 1 aromatic rings. The number of rotatable bonds is 7. The lowest BCUT2D eigenvalue weighted by atomic mass is 9.92. The standard InChI is InChI=1S/C20H27NO6/c1-3-16(17(22)12-20(2)26-9-10-27-20)18(23)21-15(13-25-19(21)24)11-14-7-5-4-6-8-14/h4-8,15-17,22H,3,9-13H2,1-2H3/t15-,16-,17+/m1/s1. The van der Waals surface area contributed by atoms with Gasteiger partial charge in [0.05, 0.1) is 31.3 Å². The first-order chi connectivity index (χ1) is 12.9. The summed E-state index contributed by atoms with van der Waals surface area (Å²) in [5.41, 5.74) is 1.02. The molecule has 0 aliphatic carbocycles. The summed E-state index contributed by atoms with van der Waals surface area (Å²) in [7, 11) is 0. The number of nitrogens with zero attached hydrogens (tertiary/aromatic N) is 1. The van der Waals surface area contributed by atoms with Gasteiger partial charge in [0.2, 0.25) is 5.91 Å². The maximum Gasteiger partial charge on any atom is 0.416 e. The number of aliphatic hydroxyl groups is 1. The number of benzene rings is 1. The molecule has 7 heteroatoms. The van der Waals surface area contributed by atoms with Gasteiger partial charge in [-0.15, -0.1) is 0 Å². The summed E-state index contributed by atoms with van der Waals surface area (Å²) in [6.45, 7) is 4.66. The first-order valence-corrected chi connectivity index (χ1v) is 9.43. The topological polar surface area (TPSA) is 85.3 Å². The van der Waals surface area contributed by atoms with Crippen LogP contribution in [-0.4, -0.2) is 59.8 Å². The van der Waals surface area contributed by atoms with E-state index in [1.807, 2.05) is 37.3 Å². The van der Waals surface area contributed by atoms with Crippen LogP contribution in [0, 0.1) is 5.92 Å². The monoisotopic (exact) mass is 377 g/mol. The molecule has 0 unspecified atom stereocenters. The van der Waals surface area contributed by atoms with E-state index in [0.717, 1.165) is 5.56 Å². The lowest BCUT2D eigenvalue weighted by Crippen LogP contribution is -2.47. The minimum atomic E-state index is -0.976. The number of hydrogen-bond donors (Lipinski definition) is 1. The zero-order chi connectivity index (χ0) is 19.4. The van der Waals surface area contributed by atoms with E-state index in [1.165, 1.54) is 4.90 Å². The number of amides is 2. The number of ether oxygens (including phenoxy) is 3. The number of cyclic esters (lactones) is 1. The summed E-state index contributed by atoms with van der Waals surface area (Å²) in [5, 5.41) is 10.7. The van der Waals surface area contributed by atoms with Gasteiger partial charge >= 0.3 is 6.09 Å². The van der Waals surface area contributed by atoms with Crippen LogP contribution in [0.15, 0.2) is 30.3 Å². The highest BCUT2D eigenvalue weighted by Crippen LogP contribution is 2.30. The molecule has 3 rings (SSSR count). The number of imide groups is 1. The number of aliphatic hydroxyl groups excluding tert-OH is 1. The van der Waals surface area contributed by atoms with Crippen LogP contribution in [0.5, 0.6) is 0 Å². The highest BCUT2D eigenvalue weighted by atomic mass is 16.7. The molecule has 0 bridgehead atoms. The fraction of sp³-hybridized carbons (Fsp3) is 0.600. The second kappa shape index (κ2) is 8.37. The molecule has 2 heterocycles. The van der Waals surface area contributed by atoms with Crippen molar-refractivity contribution < 1.29 is 28.9 Å². The predicted molar refractivity (Wildman–Crippen MR) is 96.8 cm³/mol. The molecule has 0 spiro atoms. The van der Waals surface area contributed by atoms with E-state index in [-0.39, 0.29) is 19.1 Å². The van der Waals surface area contributed by atoms with Crippen LogP contribution in [0.3, 0.4) is 0 Å². The Labute approximate surface area is 159 Å². The summed E-state index contributed by atoms with van der Waals surface area (Å²) in [6, 6.07) is 9.28. The van der Waals surface area contributed by atoms with Gasteiger partial charge < -0.3 is 19.3 Å². The second-order valence-corrected chi connectivity index (χ2v) is 7.25. The zero-order valence-electron chi connectivity index (χ0n) is 15.8. The number of hydrogen-bond acceptors (Lipinski definition) is 6. The molecule has 2 fully saturated rings. The number of carbonyl (C=O) groups is 2. The van der Waals surface area contributed by atoms with Crippen LogP contribution in [-0.2, 0) is 25.4 Å². The van der Waals surface area contributed by atoms with E-state index in [4.69, 9.17) is 14.2 Å². The van der Waals surface area contributed by atoms with Gasteiger partial charge in [0.25, 0.3) is 0 Å². The summed E-state index contributed by atoms with van der Waals surface area (Å²) in [5.74, 6) is -2.03. The fourth-order valence-corrected chi connectivity index (χ4v) is 3.75. The molecule has 148 valence electrons. The first-order valence-electron chi connectivity index (χ1n) is 9.43. The molecular weight excluding hydrogens is 350 g/mol. The molecule has 0 radical (unpaired) electrons. The van der Waals surface area contributed by atoms with Gasteiger partial charge in [-0.1, -0.05) is 37.3 Å². The van der Waals surface area contributed by atoms with Crippen LogP contribution < -0.4 is 0 Å². The van der Waals surface area contributed by atoms with Crippen LogP contribution in [0.25, 0.3) is 0 Å². The van der Waals surface area contributed by atoms with Gasteiger partial charge in [-0.3, -0.25) is 4.79 Å². The van der Waals surface area contributed by atoms with Gasteiger partial charge in [-0.25, -0.2) is 9.69 Å². The Kier molecular flexibility index (Phi) is 6.14. The van der Waals surface area contributed by atoms with Crippen molar-refractivity contribution in [3.63, 3.8) is 0 Å². The van der Waals surface area contributed by atoms with E-state index in [9.17, 15) is 14.7 Å². The molecule has 1 N–H and O–H groups in total. The highest BCUT2D eigenvalue weighted by molar-refractivity contribution is 5.95. The Hall–Kier alpha value is -1.96. The minimum absolute atomic E-state index is 0.163. The minimum Gasteiger partial charge on any atom is -0.447 e. The molecule has 3 atom stereocenters. The van der Waals surface area contributed by atoms with E-state index in [2.05, 4.69) is 0 Å². The Morgan fingerprint density at radius 1 is 1.30 bits per heavy atom. The Morgan fingerprint density at radius 3 is 2.59 bits per heavy atom. The zero-order valence-corrected chi connectivity index (χ0v) is 15.8. The first kappa shape index (κ1) is 19.8. The van der Waals surface area contributed by atoms with Gasteiger partial charge in [0.1, 0.15) is 6.61 Å². The Bertz CT molecular complexity index is 658. The van der Waals surface area contributed by atoms with Crippen LogP contribution >= 0.6 is 0 Å². The second-order valence-electron chi connectivity index (χ2n) is 7.25. The molecule has 27 heavy (non-hydrogen) atoms. The van der Waals surface area contributed by atoms with E-state index in [1.54, 1.807) is 6.92 Å². The van der Waals surface area contributed by atoms with E-state index in [0.29, 0.717) is 26.1 Å². The maximum atomic E-state index is 13.1. The average molecular weight is 377 g/mol. The van der Waals surface area contributed by atoms with Crippen molar-refractivity contribution in [2.45, 2.75) is 51.0 Å². The van der Waals surface area contributed by atoms with Crippen molar-refractivity contribution in [2.24, 2.45) is 5.92 Å². The fourth-order valence-electron chi connectivity index (χ4n) is 3.75. The van der Waals surface area contributed by atoms with Crippen LogP contribution in [0.2, 0.25) is 0 Å².